The Morgan fingerprint density at radius 1 is 1.26 bits per heavy atom. The maximum atomic E-state index is 13.0. The summed E-state index contributed by atoms with van der Waals surface area (Å²) >= 11 is 0. The zero-order chi connectivity index (χ0) is 17.1. The van der Waals surface area contributed by atoms with Crippen LogP contribution in [0.5, 0.6) is 0 Å². The van der Waals surface area contributed by atoms with Gasteiger partial charge in [-0.1, -0.05) is 12.1 Å². The van der Waals surface area contributed by atoms with E-state index in [0.717, 1.165) is 5.56 Å². The standard InChI is InChI=1S/C17H20FN3O2/c1-11(9-19)8-15-17(23)20(3)12(2)16(22)21(15)10-13-4-6-14(18)7-5-13/h4-7,11-12,15H,8,10H2,1-3H3/t11-,12+,15-/m0/s1. The van der Waals surface area contributed by atoms with Crippen molar-refractivity contribution in [1.29, 1.82) is 5.26 Å². The van der Waals surface area contributed by atoms with Crippen LogP contribution in [0.15, 0.2) is 24.3 Å². The Kier molecular flexibility index (Phi) is 4.99. The number of nitrogens with zero attached hydrogens (tertiary/aromatic N) is 3. The van der Waals surface area contributed by atoms with Crippen LogP contribution in [-0.4, -0.2) is 40.7 Å². The van der Waals surface area contributed by atoms with Gasteiger partial charge >= 0.3 is 0 Å². The number of benzene rings is 1. The molecule has 0 spiro atoms. The molecule has 0 aliphatic carbocycles. The molecule has 6 heteroatoms. The van der Waals surface area contributed by atoms with E-state index < -0.39 is 12.1 Å². The molecule has 1 saturated heterocycles. The maximum absolute atomic E-state index is 13.0. The largest absolute Gasteiger partial charge is 0.332 e. The molecule has 5 nitrogen and oxygen atoms in total. The first kappa shape index (κ1) is 16.9. The minimum absolute atomic E-state index is 0.161. The highest BCUT2D eigenvalue weighted by Crippen LogP contribution is 2.24. The van der Waals surface area contributed by atoms with Crippen molar-refractivity contribution in [2.24, 2.45) is 5.92 Å². The van der Waals surface area contributed by atoms with Crippen molar-refractivity contribution >= 4 is 11.8 Å². The molecule has 1 aliphatic rings. The number of halogens is 1. The summed E-state index contributed by atoms with van der Waals surface area (Å²) in [5.41, 5.74) is 0.749. The molecule has 1 aromatic carbocycles. The Morgan fingerprint density at radius 3 is 2.43 bits per heavy atom. The van der Waals surface area contributed by atoms with Crippen molar-refractivity contribution in [2.75, 3.05) is 7.05 Å². The van der Waals surface area contributed by atoms with Gasteiger partial charge in [0.15, 0.2) is 0 Å². The predicted molar refractivity (Wildman–Crippen MR) is 82.4 cm³/mol. The van der Waals surface area contributed by atoms with E-state index in [2.05, 4.69) is 6.07 Å². The van der Waals surface area contributed by atoms with Gasteiger partial charge in [-0.05, 0) is 38.0 Å². The van der Waals surface area contributed by atoms with Gasteiger partial charge in [-0.15, -0.1) is 0 Å². The monoisotopic (exact) mass is 317 g/mol. The van der Waals surface area contributed by atoms with E-state index >= 15 is 0 Å². The fourth-order valence-corrected chi connectivity index (χ4v) is 2.71. The van der Waals surface area contributed by atoms with Gasteiger partial charge in [0.05, 0.1) is 6.07 Å². The third kappa shape index (κ3) is 3.50. The number of nitriles is 1. The van der Waals surface area contributed by atoms with Gasteiger partial charge < -0.3 is 9.80 Å². The molecule has 0 saturated carbocycles. The number of carbonyl (C=O) groups excluding carboxylic acids is 2. The molecule has 1 heterocycles. The van der Waals surface area contributed by atoms with Gasteiger partial charge in [0.1, 0.15) is 17.9 Å². The highest BCUT2D eigenvalue weighted by molar-refractivity contribution is 5.96. The molecular formula is C17H20FN3O2. The second kappa shape index (κ2) is 6.78. The molecule has 0 aromatic heterocycles. The quantitative estimate of drug-likeness (QED) is 0.852. The molecule has 0 bridgehead atoms. The van der Waals surface area contributed by atoms with E-state index in [9.17, 15) is 14.0 Å². The van der Waals surface area contributed by atoms with E-state index in [0.29, 0.717) is 6.42 Å². The average Bonchev–Trinajstić information content (AvgIpc) is 2.55. The van der Waals surface area contributed by atoms with Crippen molar-refractivity contribution < 1.29 is 14.0 Å². The first-order valence-electron chi connectivity index (χ1n) is 7.56. The Morgan fingerprint density at radius 2 is 1.87 bits per heavy atom. The van der Waals surface area contributed by atoms with Gasteiger partial charge in [0.25, 0.3) is 0 Å². The van der Waals surface area contributed by atoms with Gasteiger partial charge in [-0.2, -0.15) is 5.26 Å². The minimum Gasteiger partial charge on any atom is -0.332 e. The number of amides is 2. The summed E-state index contributed by atoms with van der Waals surface area (Å²) in [5.74, 6) is -1.01. The first-order valence-corrected chi connectivity index (χ1v) is 7.56. The molecule has 1 fully saturated rings. The third-order valence-electron chi connectivity index (χ3n) is 4.29. The van der Waals surface area contributed by atoms with E-state index in [1.165, 1.54) is 21.9 Å². The Labute approximate surface area is 135 Å². The molecule has 2 rings (SSSR count). The van der Waals surface area contributed by atoms with Crippen molar-refractivity contribution in [3.8, 4) is 6.07 Å². The van der Waals surface area contributed by atoms with Crippen molar-refractivity contribution in [3.63, 3.8) is 0 Å². The fourth-order valence-electron chi connectivity index (χ4n) is 2.71. The molecule has 0 radical (unpaired) electrons. The topological polar surface area (TPSA) is 64.4 Å². The Balaban J connectivity index is 2.29. The van der Waals surface area contributed by atoms with E-state index in [1.54, 1.807) is 33.0 Å². The summed E-state index contributed by atoms with van der Waals surface area (Å²) in [7, 11) is 1.60. The van der Waals surface area contributed by atoms with E-state index in [1.807, 2.05) is 0 Å². The SMILES string of the molecule is C[C@H](C#N)C[C@H]1C(=O)N(C)[C@H](C)C(=O)N1Cc1ccc(F)cc1. The summed E-state index contributed by atoms with van der Waals surface area (Å²) < 4.78 is 13.0. The van der Waals surface area contributed by atoms with Crippen LogP contribution in [0, 0.1) is 23.1 Å². The molecule has 0 N–H and O–H groups in total. The van der Waals surface area contributed by atoms with Gasteiger partial charge in [0.2, 0.25) is 11.8 Å². The van der Waals surface area contributed by atoms with Gasteiger partial charge in [0, 0.05) is 19.5 Å². The number of piperazine rings is 1. The zero-order valence-corrected chi connectivity index (χ0v) is 13.5. The van der Waals surface area contributed by atoms with E-state index in [-0.39, 0.29) is 30.1 Å². The van der Waals surface area contributed by atoms with Crippen LogP contribution in [0.25, 0.3) is 0 Å². The van der Waals surface area contributed by atoms with Gasteiger partial charge in [-0.3, -0.25) is 9.59 Å². The van der Waals surface area contributed by atoms with Crippen molar-refractivity contribution in [1.82, 2.24) is 9.80 Å². The molecule has 1 aliphatic heterocycles. The highest BCUT2D eigenvalue weighted by atomic mass is 19.1. The molecule has 1 aromatic rings. The second-order valence-corrected chi connectivity index (χ2v) is 6.00. The lowest BCUT2D eigenvalue weighted by molar-refractivity contribution is -0.160. The van der Waals surface area contributed by atoms with Crippen LogP contribution < -0.4 is 0 Å². The number of hydrogen-bond acceptors (Lipinski definition) is 3. The molecule has 23 heavy (non-hydrogen) atoms. The summed E-state index contributed by atoms with van der Waals surface area (Å²) in [5, 5.41) is 9.02. The van der Waals surface area contributed by atoms with Crippen LogP contribution in [0.2, 0.25) is 0 Å². The molecular weight excluding hydrogens is 297 g/mol. The van der Waals surface area contributed by atoms with Gasteiger partial charge in [-0.25, -0.2) is 4.39 Å². The number of hydrogen-bond donors (Lipinski definition) is 0. The van der Waals surface area contributed by atoms with Crippen LogP contribution >= 0.6 is 0 Å². The van der Waals surface area contributed by atoms with Crippen LogP contribution in [0.3, 0.4) is 0 Å². The van der Waals surface area contributed by atoms with Crippen LogP contribution in [0.1, 0.15) is 25.8 Å². The lowest BCUT2D eigenvalue weighted by atomic mass is 9.96. The van der Waals surface area contributed by atoms with E-state index in [4.69, 9.17) is 5.26 Å². The highest BCUT2D eigenvalue weighted by Gasteiger charge is 2.42. The smallest absolute Gasteiger partial charge is 0.246 e. The normalized spacial score (nSPS) is 22.9. The first-order chi connectivity index (χ1) is 10.8. The fraction of sp³-hybridized carbons (Fsp3) is 0.471. The zero-order valence-electron chi connectivity index (χ0n) is 13.5. The predicted octanol–water partition coefficient (Wildman–Crippen LogP) is 1.93. The lowest BCUT2D eigenvalue weighted by Crippen LogP contribution is -2.62. The maximum Gasteiger partial charge on any atom is 0.246 e. The molecule has 122 valence electrons. The van der Waals surface area contributed by atoms with Crippen LogP contribution in [0.4, 0.5) is 4.39 Å². The third-order valence-corrected chi connectivity index (χ3v) is 4.29. The summed E-state index contributed by atoms with van der Waals surface area (Å²) in [6.45, 7) is 3.64. The lowest BCUT2D eigenvalue weighted by Gasteiger charge is -2.43. The van der Waals surface area contributed by atoms with Crippen LogP contribution in [-0.2, 0) is 16.1 Å². The number of likely N-dealkylation sites (N-methyl/N-ethyl adjacent to an activating group) is 1. The van der Waals surface area contributed by atoms with Crippen molar-refractivity contribution in [3.05, 3.63) is 35.6 Å². The minimum atomic E-state index is -0.664. The Bertz CT molecular complexity index is 638. The second-order valence-electron chi connectivity index (χ2n) is 6.00. The molecule has 2 amide bonds. The number of rotatable bonds is 4. The molecule has 0 unspecified atom stereocenters. The van der Waals surface area contributed by atoms with Crippen molar-refractivity contribution in [2.45, 2.75) is 38.9 Å². The number of carbonyl (C=O) groups is 2. The summed E-state index contributed by atoms with van der Waals surface area (Å²) in [4.78, 5) is 28.1. The summed E-state index contributed by atoms with van der Waals surface area (Å²) in [6, 6.07) is 6.75. The molecule has 3 atom stereocenters. The summed E-state index contributed by atoms with van der Waals surface area (Å²) in [6.07, 6.45) is 0.291. The Hall–Kier alpha value is -2.42. The average molecular weight is 317 g/mol.